The molecular weight excluding hydrogens is 242 g/mol. The third-order valence-corrected chi connectivity index (χ3v) is 1.87. The van der Waals surface area contributed by atoms with Gasteiger partial charge in [-0.3, -0.25) is 5.43 Å². The van der Waals surface area contributed by atoms with E-state index in [1.807, 2.05) is 0 Å². The SMILES string of the molecule is CC(C)(C)OC(=O)NNCc1ccc(F)c(F)c1. The monoisotopic (exact) mass is 258 g/mol. The standard InChI is InChI=1S/C12H16F2N2O2/c1-12(2,3)18-11(17)16-15-7-8-4-5-9(13)10(14)6-8/h4-6,15H,7H2,1-3H3,(H,16,17). The maximum absolute atomic E-state index is 12.9. The Balaban J connectivity index is 2.38. The molecule has 0 aliphatic rings. The second-order valence-electron chi connectivity index (χ2n) is 4.73. The molecule has 1 amide bonds. The quantitative estimate of drug-likeness (QED) is 0.819. The minimum Gasteiger partial charge on any atom is -0.443 e. The molecule has 0 unspecified atom stereocenters. The van der Waals surface area contributed by atoms with E-state index in [9.17, 15) is 13.6 Å². The van der Waals surface area contributed by atoms with Crippen molar-refractivity contribution in [3.05, 3.63) is 35.4 Å². The van der Waals surface area contributed by atoms with Gasteiger partial charge in [-0.1, -0.05) is 6.07 Å². The molecule has 0 saturated carbocycles. The molecule has 0 atom stereocenters. The van der Waals surface area contributed by atoms with Gasteiger partial charge in [0.15, 0.2) is 11.6 Å². The number of amides is 1. The predicted molar refractivity (Wildman–Crippen MR) is 62.6 cm³/mol. The van der Waals surface area contributed by atoms with Gasteiger partial charge in [-0.2, -0.15) is 0 Å². The van der Waals surface area contributed by atoms with Crippen molar-refractivity contribution in [1.29, 1.82) is 0 Å². The lowest BCUT2D eigenvalue weighted by atomic mass is 10.2. The van der Waals surface area contributed by atoms with E-state index in [0.717, 1.165) is 12.1 Å². The van der Waals surface area contributed by atoms with E-state index in [0.29, 0.717) is 5.56 Å². The number of carbonyl (C=O) groups is 1. The lowest BCUT2D eigenvalue weighted by Crippen LogP contribution is -2.40. The molecule has 0 fully saturated rings. The molecule has 1 rings (SSSR count). The van der Waals surface area contributed by atoms with Crippen molar-refractivity contribution < 1.29 is 18.3 Å². The number of halogens is 2. The Morgan fingerprint density at radius 2 is 1.94 bits per heavy atom. The molecule has 1 aromatic carbocycles. The summed E-state index contributed by atoms with van der Waals surface area (Å²) in [6.45, 7) is 5.38. The van der Waals surface area contributed by atoms with Crippen molar-refractivity contribution in [3.8, 4) is 0 Å². The number of benzene rings is 1. The van der Waals surface area contributed by atoms with E-state index in [-0.39, 0.29) is 6.54 Å². The van der Waals surface area contributed by atoms with Crippen molar-refractivity contribution in [3.63, 3.8) is 0 Å². The van der Waals surface area contributed by atoms with Gasteiger partial charge in [0.05, 0.1) is 0 Å². The lowest BCUT2D eigenvalue weighted by molar-refractivity contribution is 0.0497. The zero-order valence-corrected chi connectivity index (χ0v) is 10.5. The normalized spacial score (nSPS) is 11.2. The molecule has 100 valence electrons. The fraction of sp³-hybridized carbons (Fsp3) is 0.417. The van der Waals surface area contributed by atoms with E-state index in [2.05, 4.69) is 10.9 Å². The van der Waals surface area contributed by atoms with E-state index >= 15 is 0 Å². The zero-order chi connectivity index (χ0) is 13.8. The lowest BCUT2D eigenvalue weighted by Gasteiger charge is -2.19. The minimum atomic E-state index is -0.924. The molecule has 2 N–H and O–H groups in total. The first-order valence-corrected chi connectivity index (χ1v) is 5.44. The Bertz CT molecular complexity index is 431. The van der Waals surface area contributed by atoms with Crippen molar-refractivity contribution in [2.75, 3.05) is 0 Å². The van der Waals surface area contributed by atoms with Gasteiger partial charge in [0.2, 0.25) is 0 Å². The Hall–Kier alpha value is -1.69. The third kappa shape index (κ3) is 5.09. The van der Waals surface area contributed by atoms with Gasteiger partial charge in [-0.25, -0.2) is 19.0 Å². The Morgan fingerprint density at radius 3 is 2.50 bits per heavy atom. The molecule has 0 heterocycles. The summed E-state index contributed by atoms with van der Waals surface area (Å²) in [6, 6.07) is 3.50. The fourth-order valence-corrected chi connectivity index (χ4v) is 1.17. The van der Waals surface area contributed by atoms with Crippen LogP contribution in [-0.4, -0.2) is 11.7 Å². The summed E-state index contributed by atoms with van der Waals surface area (Å²) in [5, 5.41) is 0. The summed E-state index contributed by atoms with van der Waals surface area (Å²) >= 11 is 0. The fourth-order valence-electron chi connectivity index (χ4n) is 1.17. The zero-order valence-electron chi connectivity index (χ0n) is 10.5. The van der Waals surface area contributed by atoms with Crippen LogP contribution in [0.1, 0.15) is 26.3 Å². The van der Waals surface area contributed by atoms with Crippen LogP contribution in [0.15, 0.2) is 18.2 Å². The second kappa shape index (κ2) is 5.77. The summed E-state index contributed by atoms with van der Waals surface area (Å²) in [6.07, 6.45) is -0.634. The van der Waals surface area contributed by atoms with Crippen LogP contribution >= 0.6 is 0 Å². The van der Waals surface area contributed by atoms with Crippen molar-refractivity contribution in [1.82, 2.24) is 10.9 Å². The van der Waals surface area contributed by atoms with Crippen LogP contribution in [0.4, 0.5) is 13.6 Å². The molecule has 0 aliphatic heterocycles. The molecule has 6 heteroatoms. The van der Waals surface area contributed by atoms with Crippen molar-refractivity contribution in [2.45, 2.75) is 32.9 Å². The van der Waals surface area contributed by atoms with Crippen LogP contribution in [0.3, 0.4) is 0 Å². The Kier molecular flexibility index (Phi) is 4.61. The molecule has 0 bridgehead atoms. The highest BCUT2D eigenvalue weighted by Gasteiger charge is 2.15. The van der Waals surface area contributed by atoms with Gasteiger partial charge in [0, 0.05) is 6.54 Å². The summed E-state index contributed by atoms with van der Waals surface area (Å²) in [7, 11) is 0. The number of ether oxygens (including phenoxy) is 1. The van der Waals surface area contributed by atoms with Gasteiger partial charge in [0.1, 0.15) is 5.60 Å². The second-order valence-corrected chi connectivity index (χ2v) is 4.73. The molecule has 0 spiro atoms. The van der Waals surface area contributed by atoms with Gasteiger partial charge in [-0.05, 0) is 38.5 Å². The molecule has 0 aromatic heterocycles. The van der Waals surface area contributed by atoms with Crippen LogP contribution in [0.5, 0.6) is 0 Å². The molecule has 4 nitrogen and oxygen atoms in total. The summed E-state index contributed by atoms with van der Waals surface area (Å²) in [4.78, 5) is 11.2. The van der Waals surface area contributed by atoms with Gasteiger partial charge in [0.25, 0.3) is 0 Å². The van der Waals surface area contributed by atoms with E-state index in [4.69, 9.17) is 4.74 Å². The maximum Gasteiger partial charge on any atom is 0.422 e. The van der Waals surface area contributed by atoms with Gasteiger partial charge < -0.3 is 4.74 Å². The van der Waals surface area contributed by atoms with Crippen LogP contribution < -0.4 is 10.9 Å². The largest absolute Gasteiger partial charge is 0.443 e. The minimum absolute atomic E-state index is 0.163. The number of nitrogens with one attached hydrogen (secondary N) is 2. The van der Waals surface area contributed by atoms with Crippen LogP contribution in [0.2, 0.25) is 0 Å². The van der Waals surface area contributed by atoms with E-state index < -0.39 is 23.3 Å². The highest BCUT2D eigenvalue weighted by molar-refractivity contribution is 5.66. The smallest absolute Gasteiger partial charge is 0.422 e. The van der Waals surface area contributed by atoms with Gasteiger partial charge in [-0.15, -0.1) is 0 Å². The van der Waals surface area contributed by atoms with Crippen LogP contribution in [-0.2, 0) is 11.3 Å². The van der Waals surface area contributed by atoms with Gasteiger partial charge >= 0.3 is 6.09 Å². The number of hydrogen-bond acceptors (Lipinski definition) is 3. The molecule has 0 radical (unpaired) electrons. The summed E-state index contributed by atoms with van der Waals surface area (Å²) in [5.74, 6) is -1.83. The highest BCUT2D eigenvalue weighted by Crippen LogP contribution is 2.08. The Labute approximate surface area is 104 Å². The van der Waals surface area contributed by atoms with E-state index in [1.165, 1.54) is 6.07 Å². The number of hydrazine groups is 1. The molecule has 18 heavy (non-hydrogen) atoms. The van der Waals surface area contributed by atoms with Crippen LogP contribution in [0.25, 0.3) is 0 Å². The number of hydrogen-bond donors (Lipinski definition) is 2. The Morgan fingerprint density at radius 1 is 1.28 bits per heavy atom. The highest BCUT2D eigenvalue weighted by atomic mass is 19.2. The molecular formula is C12H16F2N2O2. The molecule has 1 aromatic rings. The number of rotatable bonds is 3. The predicted octanol–water partition coefficient (Wildman–Crippen LogP) is 2.49. The summed E-state index contributed by atoms with van der Waals surface area (Å²) < 4.78 is 30.5. The maximum atomic E-state index is 12.9. The topological polar surface area (TPSA) is 50.4 Å². The molecule has 0 aliphatic carbocycles. The summed E-state index contributed by atoms with van der Waals surface area (Å²) in [5.41, 5.74) is 4.77. The third-order valence-electron chi connectivity index (χ3n) is 1.87. The van der Waals surface area contributed by atoms with Crippen molar-refractivity contribution >= 4 is 6.09 Å². The first-order valence-electron chi connectivity index (χ1n) is 5.44. The number of carbonyl (C=O) groups excluding carboxylic acids is 1. The van der Waals surface area contributed by atoms with Crippen molar-refractivity contribution in [2.24, 2.45) is 0 Å². The molecule has 0 saturated heterocycles. The first kappa shape index (κ1) is 14.4. The van der Waals surface area contributed by atoms with Crippen LogP contribution in [0, 0.1) is 11.6 Å². The van der Waals surface area contributed by atoms with E-state index in [1.54, 1.807) is 20.8 Å². The average Bonchev–Trinajstić information content (AvgIpc) is 2.20. The first-order chi connectivity index (χ1) is 8.28. The average molecular weight is 258 g/mol.